The lowest BCUT2D eigenvalue weighted by molar-refractivity contribution is -0.885. The van der Waals surface area contributed by atoms with Crippen LogP contribution in [0.2, 0.25) is 0 Å². The van der Waals surface area contributed by atoms with E-state index >= 15 is 0 Å². The van der Waals surface area contributed by atoms with Gasteiger partial charge in [0.1, 0.15) is 12.4 Å². The van der Waals surface area contributed by atoms with Crippen LogP contribution in [0.4, 0.5) is 0 Å². The molecule has 0 spiro atoms. The molecule has 1 amide bonds. The van der Waals surface area contributed by atoms with Crippen LogP contribution in [0.15, 0.2) is 29.3 Å². The maximum atomic E-state index is 12.4. The molecule has 0 aliphatic carbocycles. The number of likely N-dealkylation sites (tertiary alicyclic amines) is 1. The van der Waals surface area contributed by atoms with Crippen LogP contribution in [0.5, 0.6) is 5.75 Å². The quantitative estimate of drug-likeness (QED) is 0.397. The molecular formula is C18H28N3O4+. The van der Waals surface area contributed by atoms with Gasteiger partial charge in [-0.1, -0.05) is 0 Å². The maximum absolute atomic E-state index is 12.4. The van der Waals surface area contributed by atoms with E-state index in [2.05, 4.69) is 10.3 Å². The second-order valence-electron chi connectivity index (χ2n) is 5.92. The number of quaternary nitrogens is 1. The molecule has 0 saturated carbocycles. The van der Waals surface area contributed by atoms with Crippen molar-refractivity contribution >= 4 is 11.9 Å². The molecule has 7 nitrogen and oxygen atoms in total. The zero-order chi connectivity index (χ0) is 17.9. The zero-order valence-electron chi connectivity index (χ0n) is 15.0. The molecule has 1 fully saturated rings. The predicted octanol–water partition coefficient (Wildman–Crippen LogP) is 0.123. The maximum Gasteiger partial charge on any atom is 0.291 e. The highest BCUT2D eigenvalue weighted by molar-refractivity contribution is 6.04. The molecular weight excluding hydrogens is 322 g/mol. The van der Waals surface area contributed by atoms with Gasteiger partial charge in [-0.25, -0.2) is 4.99 Å². The number of carbonyl (C=O) groups is 1. The Bertz CT molecular complexity index is 554. The summed E-state index contributed by atoms with van der Waals surface area (Å²) in [4.78, 5) is 18.3. The Morgan fingerprint density at radius 1 is 1.16 bits per heavy atom. The van der Waals surface area contributed by atoms with Gasteiger partial charge < -0.3 is 19.1 Å². The Morgan fingerprint density at radius 3 is 2.52 bits per heavy atom. The second-order valence-corrected chi connectivity index (χ2v) is 5.92. The Kier molecular flexibility index (Phi) is 8.21. The first-order chi connectivity index (χ1) is 12.2. The molecule has 7 heteroatoms. The third kappa shape index (κ3) is 6.72. The van der Waals surface area contributed by atoms with Crippen LogP contribution >= 0.6 is 0 Å². The summed E-state index contributed by atoms with van der Waals surface area (Å²) in [7, 11) is 3.19. The standard InChI is InChI=1S/C18H27N3O4/c1-23-13-14-25-18(19-9-12-21-10-3-4-11-21)20-17(22)15-5-7-16(24-2)8-6-15/h5-8H,3-4,9-14H2,1-2H3,(H,19,20,22)/p+1. The fourth-order valence-corrected chi connectivity index (χ4v) is 2.70. The highest BCUT2D eigenvalue weighted by Gasteiger charge is 2.15. The number of amidine groups is 1. The summed E-state index contributed by atoms with van der Waals surface area (Å²) in [6.07, 6.45) is 2.56. The number of carbonyl (C=O) groups excluding carboxylic acids is 1. The Balaban J connectivity index is 1.91. The lowest BCUT2D eigenvalue weighted by atomic mass is 10.2. The molecule has 2 rings (SSSR count). The minimum absolute atomic E-state index is 0.247. The van der Waals surface area contributed by atoms with Crippen LogP contribution < -0.4 is 15.0 Å². The van der Waals surface area contributed by atoms with Crippen molar-refractivity contribution in [2.75, 3.05) is 53.6 Å². The minimum Gasteiger partial charge on any atom is -0.497 e. The van der Waals surface area contributed by atoms with Crippen molar-refractivity contribution in [3.63, 3.8) is 0 Å². The second kappa shape index (κ2) is 10.7. The minimum atomic E-state index is -0.257. The lowest BCUT2D eigenvalue weighted by Gasteiger charge is -2.13. The molecule has 1 aliphatic heterocycles. The van der Waals surface area contributed by atoms with Crippen LogP contribution in [-0.2, 0) is 9.47 Å². The molecule has 0 radical (unpaired) electrons. The number of amides is 1. The highest BCUT2D eigenvalue weighted by Crippen LogP contribution is 2.11. The molecule has 1 aromatic carbocycles. The number of rotatable bonds is 8. The van der Waals surface area contributed by atoms with Gasteiger partial charge in [0.2, 0.25) is 0 Å². The number of ether oxygens (including phenoxy) is 3. The molecule has 0 atom stereocenters. The van der Waals surface area contributed by atoms with Crippen LogP contribution in [0.25, 0.3) is 0 Å². The first kappa shape index (κ1) is 19.2. The van der Waals surface area contributed by atoms with E-state index < -0.39 is 0 Å². The van der Waals surface area contributed by atoms with E-state index in [9.17, 15) is 4.79 Å². The molecule has 138 valence electrons. The van der Waals surface area contributed by atoms with Gasteiger partial charge in [0.25, 0.3) is 11.9 Å². The Hall–Kier alpha value is -2.12. The van der Waals surface area contributed by atoms with Gasteiger partial charge in [-0.3, -0.25) is 10.1 Å². The summed E-state index contributed by atoms with van der Waals surface area (Å²) >= 11 is 0. The molecule has 0 unspecified atom stereocenters. The summed E-state index contributed by atoms with van der Waals surface area (Å²) in [6, 6.07) is 7.14. The number of hydrogen-bond acceptors (Lipinski definition) is 5. The molecule has 25 heavy (non-hydrogen) atoms. The van der Waals surface area contributed by atoms with Gasteiger partial charge >= 0.3 is 0 Å². The lowest BCUT2D eigenvalue weighted by Crippen LogP contribution is -3.10. The Morgan fingerprint density at radius 2 is 1.88 bits per heavy atom. The van der Waals surface area contributed by atoms with Gasteiger partial charge in [0.05, 0.1) is 39.9 Å². The number of aliphatic imine (C=N–C) groups is 1. The van der Waals surface area contributed by atoms with Crippen molar-refractivity contribution < 1.29 is 23.9 Å². The van der Waals surface area contributed by atoms with Gasteiger partial charge in [-0.05, 0) is 24.3 Å². The number of benzene rings is 1. The average Bonchev–Trinajstić information content (AvgIpc) is 3.15. The molecule has 1 heterocycles. The molecule has 2 N–H and O–H groups in total. The topological polar surface area (TPSA) is 73.6 Å². The number of hydrogen-bond donors (Lipinski definition) is 2. The molecule has 1 aromatic rings. The molecule has 0 aromatic heterocycles. The van der Waals surface area contributed by atoms with E-state index in [1.165, 1.54) is 25.9 Å². The third-order valence-electron chi connectivity index (χ3n) is 4.13. The van der Waals surface area contributed by atoms with E-state index in [4.69, 9.17) is 14.2 Å². The Labute approximate surface area is 149 Å². The van der Waals surface area contributed by atoms with E-state index in [-0.39, 0.29) is 11.9 Å². The summed E-state index contributed by atoms with van der Waals surface area (Å²) in [5.41, 5.74) is 0.522. The van der Waals surface area contributed by atoms with Crippen molar-refractivity contribution in [1.82, 2.24) is 5.32 Å². The van der Waals surface area contributed by atoms with E-state index in [1.807, 2.05) is 0 Å². The first-order valence-electron chi connectivity index (χ1n) is 8.68. The first-order valence-corrected chi connectivity index (χ1v) is 8.68. The molecule has 1 saturated heterocycles. The number of methoxy groups -OCH3 is 2. The molecule has 0 bridgehead atoms. The van der Waals surface area contributed by atoms with E-state index in [0.717, 1.165) is 6.54 Å². The van der Waals surface area contributed by atoms with Gasteiger partial charge in [-0.15, -0.1) is 0 Å². The van der Waals surface area contributed by atoms with Crippen molar-refractivity contribution in [3.8, 4) is 5.75 Å². The zero-order valence-corrected chi connectivity index (χ0v) is 15.0. The summed E-state index contributed by atoms with van der Waals surface area (Å²) in [6.45, 7) is 4.76. The monoisotopic (exact) mass is 350 g/mol. The SMILES string of the molecule is COCCOC(=NCC[NH+]1CCCC1)NC(=O)c1ccc(OC)cc1. The summed E-state index contributed by atoms with van der Waals surface area (Å²) in [5, 5.41) is 2.74. The van der Waals surface area contributed by atoms with Crippen LogP contribution in [-0.4, -0.2) is 65.5 Å². The van der Waals surface area contributed by atoms with E-state index in [1.54, 1.807) is 43.4 Å². The summed E-state index contributed by atoms with van der Waals surface area (Å²) in [5.74, 6) is 0.447. The van der Waals surface area contributed by atoms with Crippen LogP contribution in [0, 0.1) is 0 Å². The fraction of sp³-hybridized carbons (Fsp3) is 0.556. The molecule has 1 aliphatic rings. The van der Waals surface area contributed by atoms with Crippen molar-refractivity contribution in [1.29, 1.82) is 0 Å². The van der Waals surface area contributed by atoms with E-state index in [0.29, 0.717) is 31.1 Å². The largest absolute Gasteiger partial charge is 0.497 e. The normalized spacial score (nSPS) is 15.2. The van der Waals surface area contributed by atoms with Crippen molar-refractivity contribution in [2.24, 2.45) is 4.99 Å². The van der Waals surface area contributed by atoms with Crippen LogP contribution in [0.1, 0.15) is 23.2 Å². The number of nitrogens with one attached hydrogen (secondary N) is 2. The third-order valence-corrected chi connectivity index (χ3v) is 4.13. The summed E-state index contributed by atoms with van der Waals surface area (Å²) < 4.78 is 15.6. The van der Waals surface area contributed by atoms with Crippen molar-refractivity contribution in [2.45, 2.75) is 12.8 Å². The fourth-order valence-electron chi connectivity index (χ4n) is 2.70. The van der Waals surface area contributed by atoms with Gasteiger partial charge in [-0.2, -0.15) is 0 Å². The highest BCUT2D eigenvalue weighted by atomic mass is 16.5. The number of nitrogens with zero attached hydrogens (tertiary/aromatic N) is 1. The van der Waals surface area contributed by atoms with Crippen LogP contribution in [0.3, 0.4) is 0 Å². The van der Waals surface area contributed by atoms with Gasteiger partial charge in [0, 0.05) is 25.5 Å². The van der Waals surface area contributed by atoms with Crippen molar-refractivity contribution in [3.05, 3.63) is 29.8 Å². The predicted molar refractivity (Wildman–Crippen MR) is 95.4 cm³/mol. The average molecular weight is 350 g/mol. The van der Waals surface area contributed by atoms with Gasteiger partial charge in [0.15, 0.2) is 0 Å². The smallest absolute Gasteiger partial charge is 0.291 e.